The van der Waals surface area contributed by atoms with Gasteiger partial charge in [-0.2, -0.15) is 0 Å². The largest absolute Gasteiger partial charge is 0.506 e. The highest BCUT2D eigenvalue weighted by molar-refractivity contribution is 5.73. The molecule has 4 nitrogen and oxygen atoms in total. The number of aromatic hydroxyl groups is 1. The van der Waals surface area contributed by atoms with Crippen LogP contribution in [-0.4, -0.2) is 20.1 Å². The van der Waals surface area contributed by atoms with Gasteiger partial charge in [-0.15, -0.1) is 15.0 Å². The quantitative estimate of drug-likeness (QED) is 0.131. The van der Waals surface area contributed by atoms with Crippen molar-refractivity contribution in [3.8, 4) is 11.4 Å². The van der Waals surface area contributed by atoms with E-state index in [1.54, 1.807) is 4.80 Å². The molecule has 1 N–H and O–H groups in total. The molecular formula is C35H55N3O. The molecule has 0 aliphatic rings. The van der Waals surface area contributed by atoms with E-state index in [1.807, 2.05) is 36.4 Å². The van der Waals surface area contributed by atoms with Crippen LogP contribution in [0, 0.1) is 6.92 Å². The Morgan fingerprint density at radius 3 is 1.44 bits per heavy atom. The molecule has 4 heteroatoms. The van der Waals surface area contributed by atoms with Crippen molar-refractivity contribution in [3.63, 3.8) is 0 Å². The first-order valence-electron chi connectivity index (χ1n) is 16.3. The van der Waals surface area contributed by atoms with Crippen LogP contribution in [0.2, 0.25) is 0 Å². The van der Waals surface area contributed by atoms with Gasteiger partial charge >= 0.3 is 0 Å². The van der Waals surface area contributed by atoms with Gasteiger partial charge in [-0.25, -0.2) is 0 Å². The lowest BCUT2D eigenvalue weighted by Gasteiger charge is -2.10. The maximum Gasteiger partial charge on any atom is 0.143 e. The normalized spacial score (nSPS) is 11.5. The summed E-state index contributed by atoms with van der Waals surface area (Å²) in [5.74, 6) is 0.254. The van der Waals surface area contributed by atoms with Gasteiger partial charge in [-0.3, -0.25) is 0 Å². The Labute approximate surface area is 238 Å². The van der Waals surface area contributed by atoms with Crippen molar-refractivity contribution in [1.29, 1.82) is 0 Å². The number of phenols is 1. The number of aromatic nitrogens is 3. The predicted octanol–water partition coefficient (Wildman–Crippen LogP) is 10.8. The van der Waals surface area contributed by atoms with Crippen LogP contribution in [0.25, 0.3) is 16.7 Å². The highest BCUT2D eigenvalue weighted by Crippen LogP contribution is 2.27. The minimum absolute atomic E-state index is 0.254. The van der Waals surface area contributed by atoms with Gasteiger partial charge in [0.05, 0.1) is 0 Å². The van der Waals surface area contributed by atoms with E-state index >= 15 is 0 Å². The summed E-state index contributed by atoms with van der Waals surface area (Å²) < 4.78 is 0. The second-order valence-corrected chi connectivity index (χ2v) is 11.7. The fraction of sp³-hybridized carbons (Fsp3) is 0.657. The van der Waals surface area contributed by atoms with E-state index in [2.05, 4.69) is 24.0 Å². The number of hydrogen-bond acceptors (Lipinski definition) is 3. The predicted molar refractivity (Wildman–Crippen MR) is 167 cm³/mol. The maximum absolute atomic E-state index is 10.7. The average Bonchev–Trinajstić information content (AvgIpc) is 3.37. The van der Waals surface area contributed by atoms with Gasteiger partial charge in [-0.05, 0) is 55.2 Å². The monoisotopic (exact) mass is 533 g/mol. The average molecular weight is 534 g/mol. The van der Waals surface area contributed by atoms with Gasteiger partial charge in [0.15, 0.2) is 0 Å². The summed E-state index contributed by atoms with van der Waals surface area (Å²) in [5.41, 5.74) is 4.75. The maximum atomic E-state index is 10.7. The molecule has 0 aliphatic carbocycles. The number of rotatable bonds is 22. The van der Waals surface area contributed by atoms with Crippen molar-refractivity contribution in [3.05, 3.63) is 47.5 Å². The molecule has 39 heavy (non-hydrogen) atoms. The number of fused-ring (bicyclic) bond motifs is 1. The summed E-state index contributed by atoms with van der Waals surface area (Å²) in [7, 11) is 0. The van der Waals surface area contributed by atoms with E-state index in [4.69, 9.17) is 0 Å². The molecule has 3 aromatic rings. The molecule has 0 radical (unpaired) electrons. The van der Waals surface area contributed by atoms with Crippen LogP contribution in [0.5, 0.6) is 5.75 Å². The molecule has 0 amide bonds. The Bertz CT molecular complexity index is 1020. The first kappa shape index (κ1) is 31.2. The Kier molecular flexibility index (Phi) is 15.1. The SMILES string of the molecule is CCCCCCCCCCCCCCCCCCCCCCc1cc(O)c(-n2nc3ccccc3n2)cc1C. The van der Waals surface area contributed by atoms with Crippen molar-refractivity contribution in [2.24, 2.45) is 0 Å². The van der Waals surface area contributed by atoms with Crippen LogP contribution in [0.15, 0.2) is 36.4 Å². The molecule has 216 valence electrons. The van der Waals surface area contributed by atoms with Gasteiger partial charge in [0.1, 0.15) is 22.5 Å². The number of phenolic OH excluding ortho intramolecular Hbond substituents is 1. The minimum Gasteiger partial charge on any atom is -0.506 e. The number of unbranched alkanes of at least 4 members (excludes halogenated alkanes) is 19. The highest BCUT2D eigenvalue weighted by Gasteiger charge is 2.12. The number of benzene rings is 2. The van der Waals surface area contributed by atoms with Crippen molar-refractivity contribution in [2.75, 3.05) is 0 Å². The molecule has 0 saturated carbocycles. The van der Waals surface area contributed by atoms with Crippen LogP contribution in [0.1, 0.15) is 146 Å². The molecule has 2 aromatic carbocycles. The molecule has 0 bridgehead atoms. The summed E-state index contributed by atoms with van der Waals surface area (Å²) in [6.07, 6.45) is 29.1. The van der Waals surface area contributed by atoms with Gasteiger partial charge < -0.3 is 5.11 Å². The molecule has 0 atom stereocenters. The Hall–Kier alpha value is -2.36. The summed E-state index contributed by atoms with van der Waals surface area (Å²) in [6.45, 7) is 4.42. The number of hydrogen-bond donors (Lipinski definition) is 1. The van der Waals surface area contributed by atoms with Crippen LogP contribution >= 0.6 is 0 Å². The fourth-order valence-corrected chi connectivity index (χ4v) is 5.69. The molecule has 0 fully saturated rings. The summed E-state index contributed by atoms with van der Waals surface area (Å²) in [4.78, 5) is 1.55. The van der Waals surface area contributed by atoms with Gasteiger partial charge in [-0.1, -0.05) is 141 Å². The van der Waals surface area contributed by atoms with E-state index in [0.29, 0.717) is 5.69 Å². The third kappa shape index (κ3) is 11.7. The number of aryl methyl sites for hydroxylation is 2. The molecule has 1 heterocycles. The minimum atomic E-state index is 0.254. The van der Waals surface area contributed by atoms with E-state index in [1.165, 1.54) is 140 Å². The van der Waals surface area contributed by atoms with E-state index in [-0.39, 0.29) is 5.75 Å². The van der Waals surface area contributed by atoms with Crippen molar-refractivity contribution in [1.82, 2.24) is 15.0 Å². The van der Waals surface area contributed by atoms with Crippen LogP contribution in [-0.2, 0) is 6.42 Å². The molecule has 0 aliphatic heterocycles. The van der Waals surface area contributed by atoms with E-state index in [9.17, 15) is 5.11 Å². The zero-order valence-corrected chi connectivity index (χ0v) is 25.1. The molecule has 0 spiro atoms. The Morgan fingerprint density at radius 1 is 0.590 bits per heavy atom. The lowest BCUT2D eigenvalue weighted by molar-refractivity contribution is 0.466. The van der Waals surface area contributed by atoms with Crippen LogP contribution in [0.4, 0.5) is 0 Å². The van der Waals surface area contributed by atoms with E-state index in [0.717, 1.165) is 17.5 Å². The van der Waals surface area contributed by atoms with Crippen LogP contribution in [0.3, 0.4) is 0 Å². The summed E-state index contributed by atoms with van der Waals surface area (Å²) in [6, 6.07) is 11.7. The summed E-state index contributed by atoms with van der Waals surface area (Å²) in [5, 5.41) is 19.7. The van der Waals surface area contributed by atoms with Crippen molar-refractivity contribution < 1.29 is 5.11 Å². The zero-order chi connectivity index (χ0) is 27.5. The van der Waals surface area contributed by atoms with Crippen molar-refractivity contribution in [2.45, 2.75) is 149 Å². The third-order valence-electron chi connectivity index (χ3n) is 8.23. The summed E-state index contributed by atoms with van der Waals surface area (Å²) >= 11 is 0. The standard InChI is InChI=1S/C35H55N3O/c1-3-4-5-6-7-8-9-10-11-12-13-14-15-16-17-18-19-20-21-22-25-31-29-35(39)34(28-30(31)2)38-36-32-26-23-24-27-33(32)37-38/h23-24,26-29,39H,3-22,25H2,1-2H3. The first-order chi connectivity index (χ1) is 19.2. The van der Waals surface area contributed by atoms with E-state index < -0.39 is 0 Å². The lowest BCUT2D eigenvalue weighted by Crippen LogP contribution is -2.01. The number of nitrogens with zero attached hydrogens (tertiary/aromatic N) is 3. The topological polar surface area (TPSA) is 50.9 Å². The second kappa shape index (κ2) is 18.8. The van der Waals surface area contributed by atoms with Crippen molar-refractivity contribution >= 4 is 11.0 Å². The molecular weight excluding hydrogens is 478 g/mol. The van der Waals surface area contributed by atoms with Gasteiger partial charge in [0.2, 0.25) is 0 Å². The second-order valence-electron chi connectivity index (χ2n) is 11.7. The molecule has 1 aromatic heterocycles. The molecule has 3 rings (SSSR count). The molecule has 0 unspecified atom stereocenters. The third-order valence-corrected chi connectivity index (χ3v) is 8.23. The van der Waals surface area contributed by atoms with Crippen LogP contribution < -0.4 is 0 Å². The van der Waals surface area contributed by atoms with Gasteiger partial charge in [0.25, 0.3) is 0 Å². The Balaban J connectivity index is 1.15. The molecule has 0 saturated heterocycles. The van der Waals surface area contributed by atoms with Gasteiger partial charge in [0, 0.05) is 0 Å². The fourth-order valence-electron chi connectivity index (χ4n) is 5.69. The smallest absolute Gasteiger partial charge is 0.143 e. The zero-order valence-electron chi connectivity index (χ0n) is 25.1. The first-order valence-corrected chi connectivity index (χ1v) is 16.3. The highest BCUT2D eigenvalue weighted by atomic mass is 16.3. The lowest BCUT2D eigenvalue weighted by atomic mass is 9.99. The Morgan fingerprint density at radius 2 is 1.00 bits per heavy atom.